The van der Waals surface area contributed by atoms with Crippen molar-refractivity contribution < 1.29 is 13.5 Å². The normalized spacial score (nSPS) is 12.6. The van der Waals surface area contributed by atoms with Crippen LogP contribution in [0.25, 0.3) is 0 Å². The van der Waals surface area contributed by atoms with Crippen LogP contribution in [0.4, 0.5) is 0 Å². The van der Waals surface area contributed by atoms with Crippen molar-refractivity contribution in [2.45, 2.75) is 31.6 Å². The lowest BCUT2D eigenvalue weighted by molar-refractivity contribution is 0.305. The predicted octanol–water partition coefficient (Wildman–Crippen LogP) is 1.74. The molecule has 1 rings (SSSR count). The van der Waals surface area contributed by atoms with Gasteiger partial charge >= 0.3 is 0 Å². The average molecular weight is 295 g/mol. The molecule has 20 heavy (non-hydrogen) atoms. The molecule has 2 N–H and O–H groups in total. The minimum absolute atomic E-state index is 0.0268. The number of benzene rings is 1. The fourth-order valence-corrected chi connectivity index (χ4v) is 2.58. The molecule has 1 atom stereocenters. The lowest BCUT2D eigenvalue weighted by atomic mass is 10.1. The predicted molar refractivity (Wildman–Crippen MR) is 79.7 cm³/mol. The zero-order chi connectivity index (χ0) is 15.0. The van der Waals surface area contributed by atoms with E-state index in [2.05, 4.69) is 16.6 Å². The Morgan fingerprint density at radius 2 is 1.95 bits per heavy atom. The summed E-state index contributed by atoms with van der Waals surface area (Å²) in [5.74, 6) is 5.96. The quantitative estimate of drug-likeness (QED) is 0.786. The molecule has 0 bridgehead atoms. The number of aliphatic hydroxyl groups is 1. The van der Waals surface area contributed by atoms with Crippen molar-refractivity contribution in [3.05, 3.63) is 29.8 Å². The second-order valence-corrected chi connectivity index (χ2v) is 6.43. The van der Waals surface area contributed by atoms with Crippen LogP contribution < -0.4 is 4.72 Å². The van der Waals surface area contributed by atoms with Gasteiger partial charge in [0.05, 0.1) is 11.5 Å². The molecule has 0 saturated carbocycles. The fourth-order valence-electron chi connectivity index (χ4n) is 1.42. The van der Waals surface area contributed by atoms with Crippen molar-refractivity contribution in [2.24, 2.45) is 5.92 Å². The molecule has 0 aliphatic rings. The molecule has 0 fully saturated rings. The molecule has 1 aromatic rings. The van der Waals surface area contributed by atoms with E-state index in [1.165, 1.54) is 0 Å². The molecule has 0 heterocycles. The zero-order valence-electron chi connectivity index (χ0n) is 11.9. The summed E-state index contributed by atoms with van der Waals surface area (Å²) in [5.41, 5.74) is 0.735. The minimum Gasteiger partial charge on any atom is -0.395 e. The fraction of sp³-hybridized carbons (Fsp3) is 0.467. The van der Waals surface area contributed by atoms with Gasteiger partial charge in [0.1, 0.15) is 0 Å². The molecule has 0 amide bonds. The Labute approximate surface area is 121 Å². The smallest absolute Gasteiger partial charge is 0.240 e. The van der Waals surface area contributed by atoms with E-state index < -0.39 is 10.0 Å². The third-order valence-corrected chi connectivity index (χ3v) is 4.39. The molecule has 110 valence electrons. The minimum atomic E-state index is -3.45. The molecule has 0 aromatic heterocycles. The molecule has 0 radical (unpaired) electrons. The molecule has 1 aromatic carbocycles. The van der Waals surface area contributed by atoms with Crippen molar-refractivity contribution in [3.63, 3.8) is 0 Å². The maximum absolute atomic E-state index is 12.0. The monoisotopic (exact) mass is 295 g/mol. The lowest BCUT2D eigenvalue weighted by Gasteiger charge is -2.10. The van der Waals surface area contributed by atoms with Crippen LogP contribution in [0.3, 0.4) is 0 Å². The van der Waals surface area contributed by atoms with Gasteiger partial charge in [-0.1, -0.05) is 32.1 Å². The lowest BCUT2D eigenvalue weighted by Crippen LogP contribution is -2.28. The summed E-state index contributed by atoms with van der Waals surface area (Å²) < 4.78 is 26.7. The maximum Gasteiger partial charge on any atom is 0.240 e. The van der Waals surface area contributed by atoms with Crippen molar-refractivity contribution in [3.8, 4) is 11.8 Å². The summed E-state index contributed by atoms with van der Waals surface area (Å²) in [7, 11) is -3.45. The third kappa shape index (κ3) is 5.33. The Morgan fingerprint density at radius 3 is 2.50 bits per heavy atom. The Kier molecular flexibility index (Phi) is 6.73. The van der Waals surface area contributed by atoms with Gasteiger partial charge in [0.15, 0.2) is 0 Å². The van der Waals surface area contributed by atoms with Gasteiger partial charge in [-0.25, -0.2) is 13.1 Å². The molecule has 0 saturated heterocycles. The van der Waals surface area contributed by atoms with Crippen molar-refractivity contribution in [1.29, 1.82) is 0 Å². The van der Waals surface area contributed by atoms with E-state index in [1.807, 2.05) is 13.8 Å². The first kappa shape index (κ1) is 16.7. The summed E-state index contributed by atoms with van der Waals surface area (Å²) in [6, 6.07) is 6.42. The van der Waals surface area contributed by atoms with Crippen LogP contribution in [-0.2, 0) is 10.0 Å². The highest BCUT2D eigenvalue weighted by molar-refractivity contribution is 7.89. The van der Waals surface area contributed by atoms with Gasteiger partial charge in [0, 0.05) is 18.5 Å². The van der Waals surface area contributed by atoms with Gasteiger partial charge in [-0.3, -0.25) is 0 Å². The molecule has 0 aliphatic heterocycles. The summed E-state index contributed by atoms with van der Waals surface area (Å²) in [4.78, 5) is 0.244. The summed E-state index contributed by atoms with van der Waals surface area (Å²) >= 11 is 0. The number of rotatable bonds is 6. The van der Waals surface area contributed by atoms with Gasteiger partial charge in [0.2, 0.25) is 10.0 Å². The van der Waals surface area contributed by atoms with Crippen molar-refractivity contribution in [2.75, 3.05) is 13.2 Å². The Balaban J connectivity index is 2.75. The van der Waals surface area contributed by atoms with E-state index >= 15 is 0 Å². The third-order valence-electron chi connectivity index (χ3n) is 2.95. The van der Waals surface area contributed by atoms with Gasteiger partial charge < -0.3 is 5.11 Å². The zero-order valence-corrected chi connectivity index (χ0v) is 12.7. The second-order valence-electron chi connectivity index (χ2n) is 4.67. The summed E-state index contributed by atoms with van der Waals surface area (Å²) in [5, 5.41) is 8.63. The number of hydrogen-bond acceptors (Lipinski definition) is 3. The van der Waals surface area contributed by atoms with Crippen LogP contribution in [0.15, 0.2) is 29.2 Å². The Hall–Kier alpha value is -1.35. The van der Waals surface area contributed by atoms with Crippen LogP contribution in [0.2, 0.25) is 0 Å². The van der Waals surface area contributed by atoms with Gasteiger partial charge in [-0.2, -0.15) is 0 Å². The highest BCUT2D eigenvalue weighted by Gasteiger charge is 2.14. The Bertz CT molecular complexity index is 567. The van der Waals surface area contributed by atoms with E-state index in [9.17, 15) is 8.42 Å². The van der Waals surface area contributed by atoms with Gasteiger partial charge in [-0.05, 0) is 30.2 Å². The second kappa shape index (κ2) is 8.05. The summed E-state index contributed by atoms with van der Waals surface area (Å²) in [6.07, 6.45) is 1.35. The van der Waals surface area contributed by atoms with Crippen LogP contribution in [0.1, 0.15) is 32.3 Å². The molecule has 5 heteroatoms. The van der Waals surface area contributed by atoms with E-state index in [-0.39, 0.29) is 11.5 Å². The van der Waals surface area contributed by atoms with E-state index in [1.54, 1.807) is 24.3 Å². The summed E-state index contributed by atoms with van der Waals surface area (Å²) in [6.45, 7) is 4.50. The van der Waals surface area contributed by atoms with Crippen LogP contribution >= 0.6 is 0 Å². The maximum atomic E-state index is 12.0. The molecule has 0 spiro atoms. The number of sulfonamides is 1. The van der Waals surface area contributed by atoms with Gasteiger partial charge in [-0.15, -0.1) is 0 Å². The standard InChI is InChI=1S/C15H21NO3S/c1-3-13(2)12-16-20(18,19)15-9-7-14(8-10-15)6-4-5-11-17/h7-10,13,16-17H,3,5,11-12H2,1-2H3. The number of hydrogen-bond donors (Lipinski definition) is 2. The SMILES string of the molecule is CCC(C)CNS(=O)(=O)c1ccc(C#CCCO)cc1. The average Bonchev–Trinajstić information content (AvgIpc) is 2.45. The largest absolute Gasteiger partial charge is 0.395 e. The topological polar surface area (TPSA) is 66.4 Å². The van der Waals surface area contributed by atoms with E-state index in [0.29, 0.717) is 18.9 Å². The van der Waals surface area contributed by atoms with Gasteiger partial charge in [0.25, 0.3) is 0 Å². The highest BCUT2D eigenvalue weighted by Crippen LogP contribution is 2.11. The molecular weight excluding hydrogens is 274 g/mol. The van der Waals surface area contributed by atoms with Crippen molar-refractivity contribution >= 4 is 10.0 Å². The van der Waals surface area contributed by atoms with E-state index in [4.69, 9.17) is 5.11 Å². The molecular formula is C15H21NO3S. The first-order valence-corrected chi connectivity index (χ1v) is 8.17. The van der Waals surface area contributed by atoms with Crippen LogP contribution in [-0.4, -0.2) is 26.7 Å². The number of aliphatic hydroxyl groups excluding tert-OH is 1. The van der Waals surface area contributed by atoms with Crippen molar-refractivity contribution in [1.82, 2.24) is 4.72 Å². The van der Waals surface area contributed by atoms with Crippen LogP contribution in [0.5, 0.6) is 0 Å². The Morgan fingerprint density at radius 1 is 1.30 bits per heavy atom. The highest BCUT2D eigenvalue weighted by atomic mass is 32.2. The molecule has 0 aliphatic carbocycles. The first-order chi connectivity index (χ1) is 9.49. The van der Waals surface area contributed by atoms with E-state index in [0.717, 1.165) is 12.0 Å². The number of nitrogens with one attached hydrogen (secondary N) is 1. The molecule has 1 unspecified atom stereocenters. The van der Waals surface area contributed by atoms with Crippen LogP contribution in [0, 0.1) is 17.8 Å². The first-order valence-electron chi connectivity index (χ1n) is 6.69. The molecule has 4 nitrogen and oxygen atoms in total.